The lowest BCUT2D eigenvalue weighted by Crippen LogP contribution is -2.28. The van der Waals surface area contributed by atoms with E-state index in [9.17, 15) is 27.2 Å². The van der Waals surface area contributed by atoms with Gasteiger partial charge in [0.1, 0.15) is 11.5 Å². The minimum Gasteiger partial charge on any atom is -0.493 e. The van der Waals surface area contributed by atoms with Crippen molar-refractivity contribution in [3.05, 3.63) is 83.4 Å². The monoisotopic (exact) mass is 563 g/mol. The third kappa shape index (κ3) is 6.93. The number of rotatable bonds is 5. The number of carboxylic acids is 1. The molecule has 3 aliphatic rings. The van der Waals surface area contributed by atoms with Crippen molar-refractivity contribution in [1.29, 1.82) is 0 Å². The minimum absolute atomic E-state index is 0.0287. The summed E-state index contributed by atoms with van der Waals surface area (Å²) in [5, 5.41) is 8.38. The Balaban J connectivity index is 0.000000146. The fraction of sp³-hybridized carbons (Fsp3) is 0.286. The van der Waals surface area contributed by atoms with Crippen LogP contribution in [0.2, 0.25) is 0 Å². The Hall–Kier alpha value is -4.48. The van der Waals surface area contributed by atoms with E-state index in [-0.39, 0.29) is 17.2 Å². The van der Waals surface area contributed by atoms with E-state index in [4.69, 9.17) is 15.6 Å². The average molecular weight is 564 g/mol. The van der Waals surface area contributed by atoms with Gasteiger partial charge in [-0.2, -0.15) is 8.78 Å². The Bertz CT molecular complexity index is 1360. The van der Waals surface area contributed by atoms with Gasteiger partial charge in [0.05, 0.1) is 17.6 Å². The van der Waals surface area contributed by atoms with Crippen molar-refractivity contribution in [3.63, 3.8) is 0 Å². The maximum absolute atomic E-state index is 12.8. The lowest BCUT2D eigenvalue weighted by molar-refractivity contribution is -0.286. The summed E-state index contributed by atoms with van der Waals surface area (Å²) in [7, 11) is 0. The number of fused-ring (bicyclic) bond motifs is 2. The number of carboxylic acid groups (broad SMARTS) is 1. The van der Waals surface area contributed by atoms with Gasteiger partial charge in [-0.15, -0.1) is 8.78 Å². The van der Waals surface area contributed by atoms with Gasteiger partial charge >= 0.3 is 18.9 Å². The molecule has 3 aromatic carbocycles. The first-order chi connectivity index (χ1) is 19.0. The number of hydrogen-bond acceptors (Lipinski definition) is 6. The van der Waals surface area contributed by atoms with Gasteiger partial charge < -0.3 is 29.8 Å². The molecule has 0 spiro atoms. The number of ether oxygens (including phenoxy) is 4. The molecule has 2 aliphatic heterocycles. The molecule has 0 unspecified atom stereocenters. The van der Waals surface area contributed by atoms with Gasteiger partial charge in [-0.05, 0) is 67.1 Å². The van der Waals surface area contributed by atoms with Crippen LogP contribution in [0.15, 0.2) is 66.7 Å². The number of aryl methyl sites for hydroxylation is 1. The van der Waals surface area contributed by atoms with Crippen LogP contribution in [0.3, 0.4) is 0 Å². The number of benzene rings is 3. The van der Waals surface area contributed by atoms with Gasteiger partial charge in [-0.3, -0.25) is 4.79 Å². The predicted octanol–water partition coefficient (Wildman–Crippen LogP) is 5.52. The molecule has 0 aromatic heterocycles. The van der Waals surface area contributed by atoms with E-state index in [2.05, 4.69) is 14.2 Å². The van der Waals surface area contributed by atoms with Crippen molar-refractivity contribution < 1.29 is 51.2 Å². The number of hydrogen-bond donors (Lipinski definition) is 2. The lowest BCUT2D eigenvalue weighted by Gasteiger charge is -2.17. The number of alkyl halides is 4. The summed E-state index contributed by atoms with van der Waals surface area (Å²) in [6.45, 7) is -2.14. The van der Waals surface area contributed by atoms with Crippen LogP contribution >= 0.6 is 0 Å². The third-order valence-corrected chi connectivity index (χ3v) is 6.31. The summed E-state index contributed by atoms with van der Waals surface area (Å²) < 4.78 is 67.6. The van der Waals surface area contributed by atoms with Crippen molar-refractivity contribution in [3.8, 4) is 23.0 Å². The standard InChI is InChI=1S/C11H9F2NO3.C10H10F2O2.C7H6O2/c12-11(13)16-7-2-1-6(5-8(7)17-11)10(3-4-10)9(14)15;11-10(12)14-8-4-3-7-2-1-5-13-9(7)6-8;8-7(9)6-4-2-1-3-5-6/h1-2,5H,3-4H2,(H2,14,15);3-4,6,10H,1-2,5H2;1-5H,(H,8,9). The zero-order valence-electron chi connectivity index (χ0n) is 20.9. The van der Waals surface area contributed by atoms with Crippen molar-refractivity contribution in [1.82, 2.24) is 0 Å². The maximum Gasteiger partial charge on any atom is 0.586 e. The van der Waals surface area contributed by atoms with E-state index in [1.807, 2.05) is 0 Å². The second-order valence-corrected chi connectivity index (χ2v) is 9.05. The molecule has 2 heterocycles. The van der Waals surface area contributed by atoms with Crippen LogP contribution in [-0.2, 0) is 16.6 Å². The van der Waals surface area contributed by atoms with Gasteiger partial charge in [-0.1, -0.05) is 30.3 Å². The van der Waals surface area contributed by atoms with Crippen LogP contribution in [-0.4, -0.2) is 36.5 Å². The van der Waals surface area contributed by atoms with Gasteiger partial charge in [-0.25, -0.2) is 4.79 Å². The molecule has 0 radical (unpaired) electrons. The number of aromatic carboxylic acids is 1. The van der Waals surface area contributed by atoms with E-state index < -0.39 is 30.2 Å². The molecule has 12 heteroatoms. The molecule has 1 aliphatic carbocycles. The average Bonchev–Trinajstić information content (AvgIpc) is 3.67. The van der Waals surface area contributed by atoms with E-state index in [1.165, 1.54) is 18.2 Å². The van der Waals surface area contributed by atoms with Crippen LogP contribution in [0.1, 0.15) is 40.7 Å². The quantitative estimate of drug-likeness (QED) is 0.393. The number of carbonyl (C=O) groups is 2. The second-order valence-electron chi connectivity index (χ2n) is 9.05. The smallest absolute Gasteiger partial charge is 0.493 e. The fourth-order valence-electron chi connectivity index (χ4n) is 4.13. The molecule has 40 heavy (non-hydrogen) atoms. The first kappa shape index (κ1) is 28.5. The van der Waals surface area contributed by atoms with Crippen molar-refractivity contribution >= 4 is 11.9 Å². The van der Waals surface area contributed by atoms with Crippen LogP contribution in [0.5, 0.6) is 23.0 Å². The molecule has 8 nitrogen and oxygen atoms in total. The molecule has 212 valence electrons. The molecule has 1 fully saturated rings. The number of primary amides is 1. The van der Waals surface area contributed by atoms with Crippen molar-refractivity contribution in [2.24, 2.45) is 5.73 Å². The predicted molar refractivity (Wildman–Crippen MR) is 133 cm³/mol. The topological polar surface area (TPSA) is 117 Å². The Morgan fingerprint density at radius 1 is 0.925 bits per heavy atom. The Labute approximate surface area is 226 Å². The van der Waals surface area contributed by atoms with Crippen LogP contribution in [0.25, 0.3) is 0 Å². The summed E-state index contributed by atoms with van der Waals surface area (Å²) in [5.74, 6) is -0.590. The molecular formula is C28H25F4NO7. The Morgan fingerprint density at radius 2 is 1.62 bits per heavy atom. The molecule has 0 saturated heterocycles. The molecular weight excluding hydrogens is 538 g/mol. The molecule has 1 amide bonds. The number of carbonyl (C=O) groups excluding carboxylic acids is 1. The molecule has 6 rings (SSSR count). The van der Waals surface area contributed by atoms with E-state index >= 15 is 0 Å². The van der Waals surface area contributed by atoms with Crippen molar-refractivity contribution in [2.75, 3.05) is 6.61 Å². The van der Waals surface area contributed by atoms with Gasteiger partial charge in [0, 0.05) is 6.07 Å². The number of nitrogens with two attached hydrogens (primary N) is 1. The minimum atomic E-state index is -3.63. The highest BCUT2D eigenvalue weighted by molar-refractivity contribution is 5.90. The van der Waals surface area contributed by atoms with Crippen LogP contribution in [0.4, 0.5) is 17.6 Å². The Morgan fingerprint density at radius 3 is 2.23 bits per heavy atom. The van der Waals surface area contributed by atoms with E-state index in [0.29, 0.717) is 36.3 Å². The molecule has 0 bridgehead atoms. The summed E-state index contributed by atoms with van der Waals surface area (Å²) in [6.07, 6.45) is -0.451. The number of amides is 1. The highest BCUT2D eigenvalue weighted by atomic mass is 19.3. The highest BCUT2D eigenvalue weighted by Crippen LogP contribution is 2.51. The zero-order chi connectivity index (χ0) is 28.9. The third-order valence-electron chi connectivity index (χ3n) is 6.31. The SMILES string of the molecule is FC(F)Oc1ccc2c(c1)OCCC2.NC(=O)C1(c2ccc3c(c2)OC(F)(F)O3)CC1.O=C(O)c1ccccc1. The summed E-state index contributed by atoms with van der Waals surface area (Å²) in [4.78, 5) is 21.5. The summed E-state index contributed by atoms with van der Waals surface area (Å²) in [5.41, 5.74) is 6.58. The fourth-order valence-corrected chi connectivity index (χ4v) is 4.13. The van der Waals surface area contributed by atoms with E-state index in [1.54, 1.807) is 48.5 Å². The first-order valence-electron chi connectivity index (χ1n) is 12.2. The molecule has 1 saturated carbocycles. The number of halogens is 4. The van der Waals surface area contributed by atoms with Crippen LogP contribution in [0, 0.1) is 0 Å². The molecule has 3 N–H and O–H groups in total. The zero-order valence-corrected chi connectivity index (χ0v) is 20.9. The van der Waals surface area contributed by atoms with Crippen molar-refractivity contribution in [2.45, 2.75) is 44.0 Å². The Kier molecular flexibility index (Phi) is 8.36. The normalized spacial score (nSPS) is 16.6. The summed E-state index contributed by atoms with van der Waals surface area (Å²) in [6, 6.07) is 17.5. The van der Waals surface area contributed by atoms with Gasteiger partial charge in [0.25, 0.3) is 0 Å². The van der Waals surface area contributed by atoms with Crippen LogP contribution < -0.4 is 24.7 Å². The first-order valence-corrected chi connectivity index (χ1v) is 12.2. The largest absolute Gasteiger partial charge is 0.586 e. The molecule has 3 aromatic rings. The van der Waals surface area contributed by atoms with E-state index in [0.717, 1.165) is 18.4 Å². The van der Waals surface area contributed by atoms with Gasteiger partial charge in [0.2, 0.25) is 5.91 Å². The maximum atomic E-state index is 12.8. The lowest BCUT2D eigenvalue weighted by atomic mass is 9.95. The van der Waals surface area contributed by atoms with Gasteiger partial charge in [0.15, 0.2) is 11.5 Å². The summed E-state index contributed by atoms with van der Waals surface area (Å²) >= 11 is 0. The second kappa shape index (κ2) is 11.7. The highest BCUT2D eigenvalue weighted by Gasteiger charge is 2.51. The molecule has 0 atom stereocenters.